The molecule has 4 aromatic rings. The summed E-state index contributed by atoms with van der Waals surface area (Å²) in [6, 6.07) is 19.9. The number of benzene rings is 3. The molecule has 0 saturated carbocycles. The molecule has 0 atom stereocenters. The van der Waals surface area contributed by atoms with E-state index in [0.717, 1.165) is 11.1 Å². The van der Waals surface area contributed by atoms with Gasteiger partial charge in [-0.1, -0.05) is 54.6 Å². The maximum atomic E-state index is 13.2. The zero-order valence-corrected chi connectivity index (χ0v) is 16.6. The second kappa shape index (κ2) is 7.81. The van der Waals surface area contributed by atoms with Gasteiger partial charge in [-0.25, -0.2) is 22.6 Å². The molecular weight excluding hydrogens is 405 g/mol. The van der Waals surface area contributed by atoms with Crippen LogP contribution in [0.25, 0.3) is 22.0 Å². The monoisotopic (exact) mass is 423 g/mol. The third-order valence-electron chi connectivity index (χ3n) is 4.71. The number of aromatic nitrogens is 2. The Kier molecular flexibility index (Phi) is 5.19. The molecule has 152 valence electrons. The van der Waals surface area contributed by atoms with Gasteiger partial charge in [-0.15, -0.1) is 0 Å². The van der Waals surface area contributed by atoms with Crippen molar-refractivity contribution in [2.75, 3.05) is 0 Å². The number of fused-ring (bicyclic) bond motifs is 1. The van der Waals surface area contributed by atoms with Crippen LogP contribution in [0.2, 0.25) is 0 Å². The molecule has 0 saturated heterocycles. The second-order valence-electron chi connectivity index (χ2n) is 6.99. The van der Waals surface area contributed by atoms with Gasteiger partial charge < -0.3 is 0 Å². The Morgan fingerprint density at radius 1 is 0.867 bits per heavy atom. The van der Waals surface area contributed by atoms with E-state index in [9.17, 15) is 17.6 Å². The average Bonchev–Trinajstić information content (AvgIpc) is 2.71. The number of primary sulfonamides is 1. The van der Waals surface area contributed by atoms with Crippen LogP contribution in [0.4, 0.5) is 4.39 Å². The fourth-order valence-electron chi connectivity index (χ4n) is 3.31. The third-order valence-corrected chi connectivity index (χ3v) is 5.44. The van der Waals surface area contributed by atoms with Crippen molar-refractivity contribution in [1.29, 1.82) is 0 Å². The summed E-state index contributed by atoms with van der Waals surface area (Å²) in [5, 5.41) is 10.9. The van der Waals surface area contributed by atoms with Gasteiger partial charge >= 0.3 is 0 Å². The van der Waals surface area contributed by atoms with E-state index in [2.05, 4.69) is 5.10 Å². The van der Waals surface area contributed by atoms with Gasteiger partial charge in [0.2, 0.25) is 10.0 Å². The highest BCUT2D eigenvalue weighted by atomic mass is 32.2. The van der Waals surface area contributed by atoms with Gasteiger partial charge in [-0.3, -0.25) is 4.79 Å². The Morgan fingerprint density at radius 3 is 2.10 bits per heavy atom. The second-order valence-corrected chi connectivity index (χ2v) is 8.60. The zero-order chi connectivity index (χ0) is 21.3. The number of halogens is 1. The van der Waals surface area contributed by atoms with Crippen LogP contribution in [0, 0.1) is 5.82 Å². The molecule has 0 amide bonds. The number of nitrogens with zero attached hydrogens (tertiary/aromatic N) is 2. The van der Waals surface area contributed by atoms with E-state index < -0.39 is 10.0 Å². The predicted molar refractivity (Wildman–Crippen MR) is 114 cm³/mol. The molecule has 1 aromatic heterocycles. The quantitative estimate of drug-likeness (QED) is 0.534. The van der Waals surface area contributed by atoms with Gasteiger partial charge in [-0.2, -0.15) is 5.10 Å². The minimum Gasteiger partial charge on any atom is -0.267 e. The Bertz CT molecular complexity index is 1380. The van der Waals surface area contributed by atoms with E-state index in [4.69, 9.17) is 5.14 Å². The van der Waals surface area contributed by atoms with Crippen molar-refractivity contribution in [3.63, 3.8) is 0 Å². The highest BCUT2D eigenvalue weighted by molar-refractivity contribution is 7.88. The van der Waals surface area contributed by atoms with Crippen LogP contribution in [0.1, 0.15) is 11.1 Å². The number of nitrogens with two attached hydrogens (primary N) is 1. The molecule has 0 bridgehead atoms. The van der Waals surface area contributed by atoms with Gasteiger partial charge in [0.15, 0.2) is 0 Å². The summed E-state index contributed by atoms with van der Waals surface area (Å²) in [4.78, 5) is 12.9. The van der Waals surface area contributed by atoms with E-state index >= 15 is 0 Å². The van der Waals surface area contributed by atoms with Gasteiger partial charge in [0.05, 0.1) is 23.4 Å². The molecule has 30 heavy (non-hydrogen) atoms. The van der Waals surface area contributed by atoms with Crippen LogP contribution >= 0.6 is 0 Å². The molecule has 8 heteroatoms. The standard InChI is InChI=1S/C22H18FN3O3S/c23-18-11-7-15(8-12-18)13-26-22(27)20-4-2-1-3-19(20)21(25-26)17-9-5-16(6-10-17)14-30(24,28)29/h1-12H,13-14H2,(H2,24,28,29). The Morgan fingerprint density at radius 2 is 1.47 bits per heavy atom. The van der Waals surface area contributed by atoms with Crippen LogP contribution in [0.3, 0.4) is 0 Å². The largest absolute Gasteiger partial charge is 0.274 e. The lowest BCUT2D eigenvalue weighted by Crippen LogP contribution is -2.24. The van der Waals surface area contributed by atoms with Crippen molar-refractivity contribution in [1.82, 2.24) is 9.78 Å². The van der Waals surface area contributed by atoms with E-state index in [1.165, 1.54) is 16.8 Å². The maximum absolute atomic E-state index is 13.2. The molecule has 0 unspecified atom stereocenters. The molecule has 3 aromatic carbocycles. The van der Waals surface area contributed by atoms with Crippen LogP contribution < -0.4 is 10.7 Å². The molecule has 1 heterocycles. The Balaban J connectivity index is 1.82. The number of hydrogen-bond acceptors (Lipinski definition) is 4. The maximum Gasteiger partial charge on any atom is 0.274 e. The van der Waals surface area contributed by atoms with Crippen molar-refractivity contribution < 1.29 is 12.8 Å². The average molecular weight is 423 g/mol. The minimum absolute atomic E-state index is 0.195. The van der Waals surface area contributed by atoms with Gasteiger partial charge in [0.1, 0.15) is 5.82 Å². The first-order chi connectivity index (χ1) is 14.3. The first-order valence-corrected chi connectivity index (χ1v) is 10.9. The van der Waals surface area contributed by atoms with Crippen molar-refractivity contribution in [3.8, 4) is 11.3 Å². The Labute approximate surface area is 172 Å². The molecule has 0 aliphatic carbocycles. The first kappa shape index (κ1) is 19.9. The number of sulfonamides is 1. The van der Waals surface area contributed by atoms with E-state index in [-0.39, 0.29) is 23.7 Å². The molecule has 0 spiro atoms. The highest BCUT2D eigenvalue weighted by Crippen LogP contribution is 2.25. The molecule has 0 aliphatic heterocycles. The molecular formula is C22H18FN3O3S. The highest BCUT2D eigenvalue weighted by Gasteiger charge is 2.13. The van der Waals surface area contributed by atoms with Crippen molar-refractivity contribution in [2.24, 2.45) is 5.14 Å². The summed E-state index contributed by atoms with van der Waals surface area (Å²) in [6.07, 6.45) is 0. The van der Waals surface area contributed by atoms with Crippen LogP contribution in [0.15, 0.2) is 77.6 Å². The lowest BCUT2D eigenvalue weighted by molar-refractivity contribution is 0.597. The molecule has 0 radical (unpaired) electrons. The van der Waals surface area contributed by atoms with Crippen molar-refractivity contribution in [3.05, 3.63) is 100 Å². The smallest absolute Gasteiger partial charge is 0.267 e. The summed E-state index contributed by atoms with van der Waals surface area (Å²) in [5.41, 5.74) is 2.39. The summed E-state index contributed by atoms with van der Waals surface area (Å²) in [7, 11) is -3.63. The van der Waals surface area contributed by atoms with Gasteiger partial charge in [0.25, 0.3) is 5.56 Å². The minimum atomic E-state index is -3.63. The Hall–Kier alpha value is -3.36. The van der Waals surface area contributed by atoms with Crippen LogP contribution in [-0.2, 0) is 22.3 Å². The molecule has 0 fully saturated rings. The number of rotatable bonds is 5. The van der Waals surface area contributed by atoms with Gasteiger partial charge in [0, 0.05) is 10.9 Å². The summed E-state index contributed by atoms with van der Waals surface area (Å²) in [5.74, 6) is -0.608. The lowest BCUT2D eigenvalue weighted by Gasteiger charge is -2.12. The molecule has 6 nitrogen and oxygen atoms in total. The van der Waals surface area contributed by atoms with Crippen molar-refractivity contribution >= 4 is 20.8 Å². The lowest BCUT2D eigenvalue weighted by atomic mass is 10.0. The normalized spacial score (nSPS) is 11.7. The number of hydrogen-bond donors (Lipinski definition) is 1. The first-order valence-electron chi connectivity index (χ1n) is 9.14. The van der Waals surface area contributed by atoms with Crippen LogP contribution in [-0.4, -0.2) is 18.2 Å². The molecule has 4 rings (SSSR count). The zero-order valence-electron chi connectivity index (χ0n) is 15.8. The van der Waals surface area contributed by atoms with E-state index in [0.29, 0.717) is 22.0 Å². The van der Waals surface area contributed by atoms with E-state index in [1.54, 1.807) is 48.5 Å². The van der Waals surface area contributed by atoms with E-state index in [1.807, 2.05) is 12.1 Å². The van der Waals surface area contributed by atoms with Gasteiger partial charge in [-0.05, 0) is 29.3 Å². The van der Waals surface area contributed by atoms with Crippen LogP contribution in [0.5, 0.6) is 0 Å². The fraction of sp³-hybridized carbons (Fsp3) is 0.0909. The molecule has 0 aliphatic rings. The predicted octanol–water partition coefficient (Wildman–Crippen LogP) is 3.04. The van der Waals surface area contributed by atoms with Crippen molar-refractivity contribution in [2.45, 2.75) is 12.3 Å². The summed E-state index contributed by atoms with van der Waals surface area (Å²) >= 11 is 0. The molecule has 2 N–H and O–H groups in total. The SMILES string of the molecule is NS(=O)(=O)Cc1ccc(-c2nn(Cc3ccc(F)cc3)c(=O)c3ccccc23)cc1. The topological polar surface area (TPSA) is 95.1 Å². The third kappa shape index (κ3) is 4.29. The summed E-state index contributed by atoms with van der Waals surface area (Å²) in [6.45, 7) is 0.195. The summed E-state index contributed by atoms with van der Waals surface area (Å²) < 4.78 is 37.2. The fourth-order valence-corrected chi connectivity index (χ4v) is 3.97.